The van der Waals surface area contributed by atoms with Gasteiger partial charge < -0.3 is 10.0 Å². The molecule has 1 unspecified atom stereocenters. The van der Waals surface area contributed by atoms with E-state index in [1.54, 1.807) is 0 Å². The Balaban J connectivity index is 2.03. The molecule has 0 spiro atoms. The molecule has 1 saturated heterocycles. The number of amides is 1. The maximum absolute atomic E-state index is 12.1. The van der Waals surface area contributed by atoms with E-state index in [9.17, 15) is 9.90 Å². The van der Waals surface area contributed by atoms with Crippen LogP contribution in [-0.2, 0) is 4.79 Å². The number of likely N-dealkylation sites (N-methyl/N-ethyl adjacent to an activating group) is 1. The average Bonchev–Trinajstić information content (AvgIpc) is 2.71. The molecule has 2 rings (SSSR count). The molecule has 0 aromatic carbocycles. The van der Waals surface area contributed by atoms with Gasteiger partial charge in [-0.2, -0.15) is 0 Å². The summed E-state index contributed by atoms with van der Waals surface area (Å²) in [5, 5.41) is 9.20. The normalized spacial score (nSPS) is 30.1. The minimum atomic E-state index is -0.306. The molecule has 0 radical (unpaired) electrons. The standard InChI is InChI=1S/C11H20N2O2/c1-12-6-7-13(9-4-2-3-5-9)11(15)10(12)8-14/h9-10,14H,2-8H2,1H3. The molecule has 15 heavy (non-hydrogen) atoms. The summed E-state index contributed by atoms with van der Waals surface area (Å²) in [5.74, 6) is 0.123. The van der Waals surface area contributed by atoms with Crippen molar-refractivity contribution in [3.63, 3.8) is 0 Å². The minimum Gasteiger partial charge on any atom is -0.394 e. The van der Waals surface area contributed by atoms with Crippen molar-refractivity contribution in [3.05, 3.63) is 0 Å². The van der Waals surface area contributed by atoms with Gasteiger partial charge in [-0.1, -0.05) is 12.8 Å². The van der Waals surface area contributed by atoms with Crippen LogP contribution in [0.1, 0.15) is 25.7 Å². The summed E-state index contributed by atoms with van der Waals surface area (Å²) in [6.07, 6.45) is 4.78. The van der Waals surface area contributed by atoms with Crippen molar-refractivity contribution in [3.8, 4) is 0 Å². The second-order valence-electron chi connectivity index (χ2n) is 4.65. The Labute approximate surface area is 90.9 Å². The van der Waals surface area contributed by atoms with E-state index in [0.717, 1.165) is 25.9 Å². The Hall–Kier alpha value is -0.610. The second kappa shape index (κ2) is 4.49. The first-order chi connectivity index (χ1) is 7.24. The lowest BCUT2D eigenvalue weighted by Crippen LogP contribution is -2.59. The van der Waals surface area contributed by atoms with Crippen LogP contribution in [0.25, 0.3) is 0 Å². The van der Waals surface area contributed by atoms with E-state index in [-0.39, 0.29) is 18.6 Å². The SMILES string of the molecule is CN1CCN(C2CCCC2)C(=O)C1CO. The number of aliphatic hydroxyl groups excluding tert-OH is 1. The molecule has 2 fully saturated rings. The number of aliphatic hydroxyl groups is 1. The third-order valence-electron chi connectivity index (χ3n) is 3.73. The lowest BCUT2D eigenvalue weighted by Gasteiger charge is -2.40. The van der Waals surface area contributed by atoms with E-state index in [0.29, 0.717) is 6.04 Å². The smallest absolute Gasteiger partial charge is 0.242 e. The van der Waals surface area contributed by atoms with Crippen molar-refractivity contribution < 1.29 is 9.90 Å². The molecular formula is C11H20N2O2. The molecule has 1 N–H and O–H groups in total. The number of rotatable bonds is 2. The molecular weight excluding hydrogens is 192 g/mol. The van der Waals surface area contributed by atoms with Crippen molar-refractivity contribution in [1.82, 2.24) is 9.80 Å². The zero-order valence-electron chi connectivity index (χ0n) is 9.35. The largest absolute Gasteiger partial charge is 0.394 e. The van der Waals surface area contributed by atoms with Crippen LogP contribution >= 0.6 is 0 Å². The molecule has 1 amide bonds. The third-order valence-corrected chi connectivity index (χ3v) is 3.73. The Bertz CT molecular complexity index is 239. The van der Waals surface area contributed by atoms with Crippen LogP contribution in [0, 0.1) is 0 Å². The van der Waals surface area contributed by atoms with Crippen molar-refractivity contribution in [1.29, 1.82) is 0 Å². The Morgan fingerprint density at radius 2 is 2.00 bits per heavy atom. The zero-order valence-corrected chi connectivity index (χ0v) is 9.35. The fourth-order valence-corrected chi connectivity index (χ4v) is 2.71. The molecule has 4 nitrogen and oxygen atoms in total. The quantitative estimate of drug-likeness (QED) is 0.704. The molecule has 86 valence electrons. The van der Waals surface area contributed by atoms with Gasteiger partial charge in [0.15, 0.2) is 0 Å². The molecule has 2 aliphatic rings. The zero-order chi connectivity index (χ0) is 10.8. The molecule has 1 aliphatic carbocycles. The molecule has 0 aromatic heterocycles. The van der Waals surface area contributed by atoms with Crippen LogP contribution in [0.15, 0.2) is 0 Å². The van der Waals surface area contributed by atoms with Crippen molar-refractivity contribution in [2.45, 2.75) is 37.8 Å². The van der Waals surface area contributed by atoms with Crippen LogP contribution in [-0.4, -0.2) is 59.6 Å². The second-order valence-corrected chi connectivity index (χ2v) is 4.65. The number of carbonyl (C=O) groups is 1. The van der Waals surface area contributed by atoms with E-state index < -0.39 is 0 Å². The highest BCUT2D eigenvalue weighted by molar-refractivity contribution is 5.83. The molecule has 1 saturated carbocycles. The lowest BCUT2D eigenvalue weighted by molar-refractivity contribution is -0.145. The first-order valence-electron chi connectivity index (χ1n) is 5.85. The number of nitrogens with zero attached hydrogens (tertiary/aromatic N) is 2. The predicted octanol–water partition coefficient (Wildman–Crippen LogP) is 0.0639. The van der Waals surface area contributed by atoms with Crippen LogP contribution in [0.5, 0.6) is 0 Å². The Morgan fingerprint density at radius 3 is 2.60 bits per heavy atom. The molecule has 1 heterocycles. The Kier molecular flexibility index (Phi) is 3.26. The summed E-state index contributed by atoms with van der Waals surface area (Å²) in [6.45, 7) is 1.66. The third kappa shape index (κ3) is 2.01. The number of hydrogen-bond acceptors (Lipinski definition) is 3. The Morgan fingerprint density at radius 1 is 1.33 bits per heavy atom. The van der Waals surface area contributed by atoms with Gasteiger partial charge in [0.05, 0.1) is 6.61 Å². The topological polar surface area (TPSA) is 43.8 Å². The van der Waals surface area contributed by atoms with E-state index in [1.165, 1.54) is 12.8 Å². The van der Waals surface area contributed by atoms with Gasteiger partial charge in [0.1, 0.15) is 6.04 Å². The molecule has 1 atom stereocenters. The first-order valence-corrected chi connectivity index (χ1v) is 5.85. The molecule has 0 aromatic rings. The maximum atomic E-state index is 12.1. The molecule has 1 aliphatic heterocycles. The van der Waals surface area contributed by atoms with Gasteiger partial charge in [0.2, 0.25) is 5.91 Å². The van der Waals surface area contributed by atoms with Gasteiger partial charge in [-0.3, -0.25) is 9.69 Å². The van der Waals surface area contributed by atoms with E-state index in [4.69, 9.17) is 0 Å². The van der Waals surface area contributed by atoms with Crippen molar-refractivity contribution >= 4 is 5.91 Å². The van der Waals surface area contributed by atoms with Crippen LogP contribution in [0.3, 0.4) is 0 Å². The number of hydrogen-bond donors (Lipinski definition) is 1. The fourth-order valence-electron chi connectivity index (χ4n) is 2.71. The summed E-state index contributed by atoms with van der Waals surface area (Å²) in [7, 11) is 1.91. The molecule has 4 heteroatoms. The van der Waals surface area contributed by atoms with Crippen LogP contribution < -0.4 is 0 Å². The van der Waals surface area contributed by atoms with E-state index in [2.05, 4.69) is 0 Å². The monoisotopic (exact) mass is 212 g/mol. The minimum absolute atomic E-state index is 0.0570. The van der Waals surface area contributed by atoms with Crippen LogP contribution in [0.2, 0.25) is 0 Å². The highest BCUT2D eigenvalue weighted by Crippen LogP contribution is 2.25. The van der Waals surface area contributed by atoms with E-state index >= 15 is 0 Å². The van der Waals surface area contributed by atoms with Crippen molar-refractivity contribution in [2.75, 3.05) is 26.7 Å². The molecule has 0 bridgehead atoms. The summed E-state index contributed by atoms with van der Waals surface area (Å²) < 4.78 is 0. The van der Waals surface area contributed by atoms with Crippen molar-refractivity contribution in [2.24, 2.45) is 0 Å². The first kappa shape index (κ1) is 10.9. The highest BCUT2D eigenvalue weighted by Gasteiger charge is 2.36. The number of carbonyl (C=O) groups excluding carboxylic acids is 1. The summed E-state index contributed by atoms with van der Waals surface area (Å²) in [4.78, 5) is 16.0. The van der Waals surface area contributed by atoms with Gasteiger partial charge in [0, 0.05) is 19.1 Å². The lowest BCUT2D eigenvalue weighted by atomic mass is 10.1. The van der Waals surface area contributed by atoms with Gasteiger partial charge in [-0.15, -0.1) is 0 Å². The van der Waals surface area contributed by atoms with E-state index in [1.807, 2.05) is 16.8 Å². The maximum Gasteiger partial charge on any atom is 0.242 e. The summed E-state index contributed by atoms with van der Waals surface area (Å²) in [6, 6.07) is 0.139. The fraction of sp³-hybridized carbons (Fsp3) is 0.909. The predicted molar refractivity (Wildman–Crippen MR) is 57.5 cm³/mol. The summed E-state index contributed by atoms with van der Waals surface area (Å²) in [5.41, 5.74) is 0. The van der Waals surface area contributed by atoms with Gasteiger partial charge in [-0.25, -0.2) is 0 Å². The summed E-state index contributed by atoms with van der Waals surface area (Å²) >= 11 is 0. The van der Waals surface area contributed by atoms with Gasteiger partial charge in [-0.05, 0) is 19.9 Å². The van der Waals surface area contributed by atoms with Gasteiger partial charge in [0.25, 0.3) is 0 Å². The number of piperazine rings is 1. The highest BCUT2D eigenvalue weighted by atomic mass is 16.3. The average molecular weight is 212 g/mol. The van der Waals surface area contributed by atoms with Gasteiger partial charge >= 0.3 is 0 Å². The van der Waals surface area contributed by atoms with Crippen LogP contribution in [0.4, 0.5) is 0 Å².